The van der Waals surface area contributed by atoms with Crippen molar-refractivity contribution in [3.05, 3.63) is 71.8 Å². The van der Waals surface area contributed by atoms with Crippen LogP contribution >= 0.6 is 11.8 Å². The zero-order valence-corrected chi connectivity index (χ0v) is 17.0. The van der Waals surface area contributed by atoms with Crippen LogP contribution < -0.4 is 0 Å². The van der Waals surface area contributed by atoms with Gasteiger partial charge >= 0.3 is 0 Å². The monoisotopic (exact) mass is 384 g/mol. The lowest BCUT2D eigenvalue weighted by atomic mass is 9.80. The number of hydrogen-bond acceptors (Lipinski definition) is 2. The Morgan fingerprint density at radius 1 is 1.07 bits per heavy atom. The number of amides is 1. The van der Waals surface area contributed by atoms with Crippen LogP contribution in [0.25, 0.3) is 0 Å². The van der Waals surface area contributed by atoms with Crippen LogP contribution in [-0.2, 0) is 16.8 Å². The summed E-state index contributed by atoms with van der Waals surface area (Å²) in [6, 6.07) is 20.7. The van der Waals surface area contributed by atoms with Gasteiger partial charge in [0.05, 0.1) is 5.54 Å². The number of hydrogen-bond donors (Lipinski definition) is 0. The molecular formula is C23H29ClN2O. The zero-order chi connectivity index (χ0) is 19.3. The van der Waals surface area contributed by atoms with Gasteiger partial charge in [-0.15, -0.1) is 0 Å². The third-order valence-corrected chi connectivity index (χ3v) is 6.29. The molecule has 1 saturated heterocycles. The first-order valence-corrected chi connectivity index (χ1v) is 10.2. The normalized spacial score (nSPS) is 17.7. The van der Waals surface area contributed by atoms with E-state index in [9.17, 15) is 4.79 Å². The molecule has 3 rings (SSSR count). The van der Waals surface area contributed by atoms with Crippen LogP contribution in [0.4, 0.5) is 0 Å². The quantitative estimate of drug-likeness (QED) is 0.664. The smallest absolute Gasteiger partial charge is 0.226 e. The predicted molar refractivity (Wildman–Crippen MR) is 111 cm³/mol. The number of nitrogens with zero attached hydrogens (tertiary/aromatic N) is 2. The van der Waals surface area contributed by atoms with Crippen LogP contribution in [0.3, 0.4) is 0 Å². The minimum absolute atomic E-state index is 0.0466. The first-order valence-electron chi connectivity index (χ1n) is 9.84. The summed E-state index contributed by atoms with van der Waals surface area (Å²) in [6.45, 7) is 3.60. The van der Waals surface area contributed by atoms with Crippen LogP contribution in [-0.4, -0.2) is 35.4 Å². The number of halogens is 1. The number of benzene rings is 2. The minimum Gasteiger partial charge on any atom is -0.342 e. The van der Waals surface area contributed by atoms with E-state index in [0.717, 1.165) is 38.8 Å². The fourth-order valence-corrected chi connectivity index (χ4v) is 4.45. The van der Waals surface area contributed by atoms with Gasteiger partial charge in [-0.25, -0.2) is 4.42 Å². The molecular weight excluding hydrogens is 356 g/mol. The van der Waals surface area contributed by atoms with Crippen molar-refractivity contribution in [2.24, 2.45) is 5.92 Å². The van der Waals surface area contributed by atoms with Crippen LogP contribution in [0.5, 0.6) is 0 Å². The number of likely N-dealkylation sites (tertiary alicyclic amines) is 1. The molecule has 0 aliphatic carbocycles. The SMILES string of the molecule is CCC(Cc1ccccc1)C(=O)N1CCC(c2ccccc2)(N(C)Cl)CC1. The van der Waals surface area contributed by atoms with Crippen molar-refractivity contribution in [2.45, 2.75) is 38.1 Å². The second kappa shape index (κ2) is 8.90. The Balaban J connectivity index is 1.69. The highest BCUT2D eigenvalue weighted by Crippen LogP contribution is 2.39. The predicted octanol–water partition coefficient (Wildman–Crippen LogP) is 4.86. The van der Waals surface area contributed by atoms with Gasteiger partial charge in [0.1, 0.15) is 0 Å². The molecule has 2 aromatic rings. The summed E-state index contributed by atoms with van der Waals surface area (Å²) in [7, 11) is 1.93. The number of piperidine rings is 1. The molecule has 1 unspecified atom stereocenters. The molecule has 0 radical (unpaired) electrons. The zero-order valence-electron chi connectivity index (χ0n) is 16.3. The van der Waals surface area contributed by atoms with Gasteiger partial charge in [-0.2, -0.15) is 0 Å². The van der Waals surface area contributed by atoms with Gasteiger partial charge in [0.2, 0.25) is 5.91 Å². The maximum absolute atomic E-state index is 13.1. The first-order chi connectivity index (χ1) is 13.1. The van der Waals surface area contributed by atoms with Crippen molar-refractivity contribution in [1.82, 2.24) is 9.32 Å². The summed E-state index contributed by atoms with van der Waals surface area (Å²) >= 11 is 6.50. The summed E-state index contributed by atoms with van der Waals surface area (Å²) in [5.41, 5.74) is 2.25. The Kier molecular flexibility index (Phi) is 6.56. The molecule has 4 heteroatoms. The summed E-state index contributed by atoms with van der Waals surface area (Å²) in [5.74, 6) is 0.325. The van der Waals surface area contributed by atoms with Gasteiger partial charge in [-0.05, 0) is 48.6 Å². The fraction of sp³-hybridized carbons (Fsp3) is 0.435. The van der Waals surface area contributed by atoms with E-state index in [-0.39, 0.29) is 17.4 Å². The third-order valence-electron chi connectivity index (χ3n) is 5.97. The molecule has 144 valence electrons. The Morgan fingerprint density at radius 3 is 2.15 bits per heavy atom. The third kappa shape index (κ3) is 4.36. The molecule has 1 amide bonds. The highest BCUT2D eigenvalue weighted by atomic mass is 35.5. The molecule has 0 N–H and O–H groups in total. The lowest BCUT2D eigenvalue weighted by Crippen LogP contribution is -2.51. The molecule has 3 nitrogen and oxygen atoms in total. The van der Waals surface area contributed by atoms with Crippen LogP contribution in [0, 0.1) is 5.92 Å². The molecule has 1 aliphatic heterocycles. The largest absolute Gasteiger partial charge is 0.342 e. The molecule has 1 aliphatic rings. The molecule has 27 heavy (non-hydrogen) atoms. The van der Waals surface area contributed by atoms with E-state index in [4.69, 9.17) is 11.8 Å². The van der Waals surface area contributed by atoms with Crippen molar-refractivity contribution < 1.29 is 4.79 Å². The molecule has 0 aromatic heterocycles. The van der Waals surface area contributed by atoms with Crippen LogP contribution in [0.2, 0.25) is 0 Å². The highest BCUT2D eigenvalue weighted by molar-refractivity contribution is 6.13. The topological polar surface area (TPSA) is 23.6 Å². The molecule has 0 saturated carbocycles. The number of carbonyl (C=O) groups excluding carboxylic acids is 1. The lowest BCUT2D eigenvalue weighted by Gasteiger charge is -2.45. The highest BCUT2D eigenvalue weighted by Gasteiger charge is 2.41. The van der Waals surface area contributed by atoms with Gasteiger partial charge in [0.25, 0.3) is 0 Å². The van der Waals surface area contributed by atoms with Gasteiger partial charge < -0.3 is 4.90 Å². The molecule has 0 spiro atoms. The van der Waals surface area contributed by atoms with Gasteiger partial charge in [0, 0.05) is 26.1 Å². The first kappa shape index (κ1) is 19.9. The van der Waals surface area contributed by atoms with Gasteiger partial charge in [-0.1, -0.05) is 67.6 Å². The Bertz CT molecular complexity index is 725. The average Bonchev–Trinajstić information content (AvgIpc) is 2.73. The fourth-order valence-electron chi connectivity index (χ4n) is 4.18. The van der Waals surface area contributed by atoms with Crippen molar-refractivity contribution in [1.29, 1.82) is 0 Å². The van der Waals surface area contributed by atoms with E-state index in [1.165, 1.54) is 11.1 Å². The van der Waals surface area contributed by atoms with E-state index >= 15 is 0 Å². The molecule has 1 heterocycles. The van der Waals surface area contributed by atoms with Crippen LogP contribution in [0.1, 0.15) is 37.3 Å². The van der Waals surface area contributed by atoms with E-state index in [1.807, 2.05) is 40.6 Å². The van der Waals surface area contributed by atoms with Crippen molar-refractivity contribution in [3.63, 3.8) is 0 Å². The van der Waals surface area contributed by atoms with Crippen molar-refractivity contribution >= 4 is 17.7 Å². The Morgan fingerprint density at radius 2 is 1.63 bits per heavy atom. The molecule has 2 aromatic carbocycles. The number of rotatable bonds is 6. The summed E-state index contributed by atoms with van der Waals surface area (Å²) < 4.78 is 1.81. The molecule has 1 atom stereocenters. The van der Waals surface area contributed by atoms with Crippen molar-refractivity contribution in [2.75, 3.05) is 20.1 Å². The minimum atomic E-state index is -0.208. The maximum atomic E-state index is 13.1. The number of carbonyl (C=O) groups is 1. The summed E-state index contributed by atoms with van der Waals surface area (Å²) in [6.07, 6.45) is 3.38. The summed E-state index contributed by atoms with van der Waals surface area (Å²) in [5, 5.41) is 0. The van der Waals surface area contributed by atoms with Crippen molar-refractivity contribution in [3.8, 4) is 0 Å². The standard InChI is InChI=1S/C23H29ClN2O/c1-3-20(18-19-10-6-4-7-11-19)22(27)26-16-14-23(15-17-26,25(2)24)21-12-8-5-9-13-21/h4-13,20H,3,14-18H2,1-2H3. The average molecular weight is 385 g/mol. The van der Waals surface area contributed by atoms with Gasteiger partial charge in [-0.3, -0.25) is 4.79 Å². The Hall–Kier alpha value is -1.84. The van der Waals surface area contributed by atoms with E-state index in [2.05, 4.69) is 43.3 Å². The van der Waals surface area contributed by atoms with E-state index in [1.54, 1.807) is 0 Å². The second-order valence-electron chi connectivity index (χ2n) is 7.49. The molecule has 0 bridgehead atoms. The lowest BCUT2D eigenvalue weighted by molar-refractivity contribution is -0.138. The summed E-state index contributed by atoms with van der Waals surface area (Å²) in [4.78, 5) is 15.2. The van der Waals surface area contributed by atoms with Crippen LogP contribution in [0.15, 0.2) is 60.7 Å². The Labute approximate surface area is 168 Å². The second-order valence-corrected chi connectivity index (χ2v) is 8.00. The van der Waals surface area contributed by atoms with E-state index in [0.29, 0.717) is 0 Å². The van der Waals surface area contributed by atoms with E-state index < -0.39 is 0 Å². The molecule has 1 fully saturated rings. The van der Waals surface area contributed by atoms with Gasteiger partial charge in [0.15, 0.2) is 0 Å². The maximum Gasteiger partial charge on any atom is 0.226 e.